The van der Waals surface area contributed by atoms with Crippen molar-refractivity contribution in [2.45, 2.75) is 6.04 Å². The summed E-state index contributed by atoms with van der Waals surface area (Å²) in [7, 11) is 1.64. The summed E-state index contributed by atoms with van der Waals surface area (Å²) in [5.74, 6) is 1.56. The van der Waals surface area contributed by atoms with Gasteiger partial charge in [0.2, 0.25) is 0 Å². The van der Waals surface area contributed by atoms with Crippen LogP contribution in [0.2, 0.25) is 5.02 Å². The first-order chi connectivity index (χ1) is 13.7. The number of ether oxygens (including phenoxy) is 1. The molecule has 28 heavy (non-hydrogen) atoms. The lowest BCUT2D eigenvalue weighted by Crippen LogP contribution is -2.46. The van der Waals surface area contributed by atoms with E-state index in [1.165, 1.54) is 0 Å². The molecule has 0 bridgehead atoms. The fourth-order valence-electron chi connectivity index (χ4n) is 3.78. The van der Waals surface area contributed by atoms with Crippen molar-refractivity contribution in [2.75, 3.05) is 31.6 Å². The topological polar surface area (TPSA) is 63.4 Å². The predicted octanol–water partition coefficient (Wildman–Crippen LogP) is 4.19. The number of methoxy groups -OCH3 is 1. The molecular weight excluding hydrogens is 376 g/mol. The number of para-hydroxylation sites is 1. The lowest BCUT2D eigenvalue weighted by molar-refractivity contribution is 0.410. The van der Waals surface area contributed by atoms with E-state index in [4.69, 9.17) is 25.8 Å². The van der Waals surface area contributed by atoms with Crippen molar-refractivity contribution in [1.29, 1.82) is 0 Å². The van der Waals surface area contributed by atoms with Crippen molar-refractivity contribution in [1.82, 2.24) is 15.5 Å². The minimum absolute atomic E-state index is 0.00579. The summed E-state index contributed by atoms with van der Waals surface area (Å²) in [6, 6.07) is 15.7. The molecule has 0 aliphatic carbocycles. The highest BCUT2D eigenvalue weighted by molar-refractivity contribution is 6.35. The van der Waals surface area contributed by atoms with E-state index in [2.05, 4.69) is 15.4 Å². The molecule has 1 atom stereocenters. The van der Waals surface area contributed by atoms with Crippen molar-refractivity contribution < 1.29 is 9.26 Å². The van der Waals surface area contributed by atoms with Gasteiger partial charge >= 0.3 is 0 Å². The molecule has 1 aliphatic rings. The molecule has 3 heterocycles. The van der Waals surface area contributed by atoms with Gasteiger partial charge in [-0.05, 0) is 24.3 Å². The summed E-state index contributed by atoms with van der Waals surface area (Å²) in [6.45, 7) is 2.42. The van der Waals surface area contributed by atoms with Crippen LogP contribution in [-0.2, 0) is 0 Å². The Hall–Kier alpha value is -2.83. The molecule has 4 aromatic rings. The molecule has 1 unspecified atom stereocenters. The van der Waals surface area contributed by atoms with Crippen LogP contribution < -0.4 is 15.0 Å². The van der Waals surface area contributed by atoms with Gasteiger partial charge in [0, 0.05) is 31.1 Å². The van der Waals surface area contributed by atoms with Gasteiger partial charge in [-0.2, -0.15) is 0 Å². The van der Waals surface area contributed by atoms with Crippen molar-refractivity contribution in [3.05, 3.63) is 59.2 Å². The summed E-state index contributed by atoms with van der Waals surface area (Å²) in [4.78, 5) is 7.12. The number of pyridine rings is 1. The highest BCUT2D eigenvalue weighted by Crippen LogP contribution is 2.35. The Labute approximate surface area is 167 Å². The third-order valence-corrected chi connectivity index (χ3v) is 5.52. The van der Waals surface area contributed by atoms with E-state index < -0.39 is 0 Å². The Morgan fingerprint density at radius 3 is 2.96 bits per heavy atom. The van der Waals surface area contributed by atoms with Gasteiger partial charge in [0.05, 0.1) is 34.8 Å². The van der Waals surface area contributed by atoms with Crippen LogP contribution in [0.25, 0.3) is 21.9 Å². The second kappa shape index (κ2) is 6.96. The number of benzene rings is 2. The molecule has 1 fully saturated rings. The highest BCUT2D eigenvalue weighted by atomic mass is 35.5. The van der Waals surface area contributed by atoms with E-state index in [-0.39, 0.29) is 6.04 Å². The van der Waals surface area contributed by atoms with Gasteiger partial charge in [0.25, 0.3) is 0 Å². The standard InChI is InChI=1S/C21H19ClN4O2/c1-27-13-6-7-15-20(10-13)28-25-21(15)26-9-8-23-12-19(26)18-11-16(22)14-4-2-3-5-17(14)24-18/h2-7,10-11,19,23H,8-9,12H2,1H3. The number of aromatic nitrogens is 2. The van der Waals surface area contributed by atoms with Crippen LogP contribution in [0, 0.1) is 0 Å². The van der Waals surface area contributed by atoms with Crippen LogP contribution in [0.1, 0.15) is 11.7 Å². The number of rotatable bonds is 3. The third-order valence-electron chi connectivity index (χ3n) is 5.20. The van der Waals surface area contributed by atoms with Crippen LogP contribution >= 0.6 is 11.6 Å². The Kier molecular flexibility index (Phi) is 4.30. The van der Waals surface area contributed by atoms with Gasteiger partial charge in [0.1, 0.15) is 5.75 Å². The first kappa shape index (κ1) is 17.3. The fraction of sp³-hybridized carbons (Fsp3) is 0.238. The number of anilines is 1. The Bertz CT molecular complexity index is 1160. The van der Waals surface area contributed by atoms with Crippen LogP contribution in [0.5, 0.6) is 5.75 Å². The molecule has 1 saturated heterocycles. The molecule has 7 heteroatoms. The van der Waals surface area contributed by atoms with Gasteiger partial charge in [-0.3, -0.25) is 4.98 Å². The molecule has 6 nitrogen and oxygen atoms in total. The Balaban J connectivity index is 1.59. The summed E-state index contributed by atoms with van der Waals surface area (Å²) in [6.07, 6.45) is 0. The van der Waals surface area contributed by atoms with E-state index >= 15 is 0 Å². The van der Waals surface area contributed by atoms with Gasteiger partial charge in [0.15, 0.2) is 11.4 Å². The molecule has 0 saturated carbocycles. The number of hydrogen-bond acceptors (Lipinski definition) is 6. The molecule has 2 aromatic heterocycles. The maximum atomic E-state index is 6.56. The maximum Gasteiger partial charge on any atom is 0.180 e. The van der Waals surface area contributed by atoms with E-state index in [0.29, 0.717) is 10.6 Å². The molecule has 0 spiro atoms. The summed E-state index contributed by atoms with van der Waals surface area (Å²) in [5, 5.41) is 10.4. The molecule has 2 aromatic carbocycles. The Morgan fingerprint density at radius 1 is 1.18 bits per heavy atom. The van der Waals surface area contributed by atoms with Crippen molar-refractivity contribution in [3.8, 4) is 5.75 Å². The van der Waals surface area contributed by atoms with Gasteiger partial charge < -0.3 is 19.5 Å². The fourth-order valence-corrected chi connectivity index (χ4v) is 4.06. The molecule has 0 radical (unpaired) electrons. The Morgan fingerprint density at radius 2 is 2.07 bits per heavy atom. The first-order valence-electron chi connectivity index (χ1n) is 9.20. The summed E-state index contributed by atoms with van der Waals surface area (Å²) >= 11 is 6.56. The predicted molar refractivity (Wildman–Crippen MR) is 110 cm³/mol. The number of piperazine rings is 1. The number of hydrogen-bond donors (Lipinski definition) is 1. The van der Waals surface area contributed by atoms with E-state index in [1.807, 2.05) is 48.5 Å². The van der Waals surface area contributed by atoms with Crippen molar-refractivity contribution >= 4 is 39.3 Å². The molecule has 1 N–H and O–H groups in total. The minimum Gasteiger partial charge on any atom is -0.497 e. The number of nitrogens with one attached hydrogen (secondary N) is 1. The zero-order valence-corrected chi connectivity index (χ0v) is 16.1. The smallest absolute Gasteiger partial charge is 0.180 e. The lowest BCUT2D eigenvalue weighted by Gasteiger charge is -2.36. The van der Waals surface area contributed by atoms with Gasteiger partial charge in [-0.15, -0.1) is 0 Å². The molecule has 142 valence electrons. The van der Waals surface area contributed by atoms with Gasteiger partial charge in [-0.1, -0.05) is 35.0 Å². The zero-order chi connectivity index (χ0) is 19.1. The second-order valence-electron chi connectivity index (χ2n) is 6.83. The number of nitrogens with zero attached hydrogens (tertiary/aromatic N) is 3. The zero-order valence-electron chi connectivity index (χ0n) is 15.4. The van der Waals surface area contributed by atoms with Crippen molar-refractivity contribution in [3.63, 3.8) is 0 Å². The van der Waals surface area contributed by atoms with E-state index in [0.717, 1.165) is 53.2 Å². The monoisotopic (exact) mass is 394 g/mol. The van der Waals surface area contributed by atoms with Gasteiger partial charge in [-0.25, -0.2) is 0 Å². The number of fused-ring (bicyclic) bond motifs is 2. The van der Waals surface area contributed by atoms with Crippen LogP contribution in [-0.4, -0.2) is 36.9 Å². The second-order valence-corrected chi connectivity index (χ2v) is 7.23. The normalized spacial score (nSPS) is 17.4. The van der Waals surface area contributed by atoms with Crippen molar-refractivity contribution in [2.24, 2.45) is 0 Å². The van der Waals surface area contributed by atoms with E-state index in [9.17, 15) is 0 Å². The average Bonchev–Trinajstić information content (AvgIpc) is 3.16. The minimum atomic E-state index is 0.00579. The first-order valence-corrected chi connectivity index (χ1v) is 9.58. The third kappa shape index (κ3) is 2.85. The largest absolute Gasteiger partial charge is 0.497 e. The molecule has 0 amide bonds. The van der Waals surface area contributed by atoms with Crippen LogP contribution in [0.3, 0.4) is 0 Å². The van der Waals surface area contributed by atoms with Crippen LogP contribution in [0.15, 0.2) is 53.1 Å². The molecular formula is C21H19ClN4O2. The summed E-state index contributed by atoms with van der Waals surface area (Å²) < 4.78 is 10.9. The average molecular weight is 395 g/mol. The molecule has 5 rings (SSSR count). The lowest BCUT2D eigenvalue weighted by atomic mass is 10.1. The quantitative estimate of drug-likeness (QED) is 0.562. The molecule has 1 aliphatic heterocycles. The van der Waals surface area contributed by atoms with Crippen LogP contribution in [0.4, 0.5) is 5.82 Å². The number of halogens is 1. The highest BCUT2D eigenvalue weighted by Gasteiger charge is 2.29. The maximum absolute atomic E-state index is 6.56. The SMILES string of the molecule is COc1ccc2c(N3CCNCC3c3cc(Cl)c4ccccc4n3)noc2c1. The summed E-state index contributed by atoms with van der Waals surface area (Å²) in [5.41, 5.74) is 2.52. The van der Waals surface area contributed by atoms with E-state index in [1.54, 1.807) is 7.11 Å².